The van der Waals surface area contributed by atoms with E-state index in [4.69, 9.17) is 15.4 Å². The third-order valence-electron chi connectivity index (χ3n) is 2.61. The van der Waals surface area contributed by atoms with Crippen molar-refractivity contribution in [2.75, 3.05) is 26.8 Å². The minimum absolute atomic E-state index is 0.542. The SMILES string of the molecule is COCCC1CCN(S(=O)(=O)Cl)CC1. The largest absolute Gasteiger partial charge is 0.385 e. The van der Waals surface area contributed by atoms with Crippen LogP contribution in [0.15, 0.2) is 0 Å². The van der Waals surface area contributed by atoms with Crippen LogP contribution in [-0.4, -0.2) is 39.5 Å². The van der Waals surface area contributed by atoms with Gasteiger partial charge in [0.05, 0.1) is 0 Å². The Balaban J connectivity index is 2.31. The highest BCUT2D eigenvalue weighted by Crippen LogP contribution is 2.23. The Kier molecular flexibility index (Phi) is 4.63. The van der Waals surface area contributed by atoms with E-state index in [1.54, 1.807) is 7.11 Å². The van der Waals surface area contributed by atoms with Crippen LogP contribution in [0, 0.1) is 5.92 Å². The number of halogens is 1. The molecule has 0 bridgehead atoms. The molecule has 1 rings (SSSR count). The Morgan fingerprint density at radius 3 is 2.43 bits per heavy atom. The van der Waals surface area contributed by atoms with Crippen molar-refractivity contribution in [1.29, 1.82) is 0 Å². The van der Waals surface area contributed by atoms with E-state index in [1.807, 2.05) is 0 Å². The van der Waals surface area contributed by atoms with Gasteiger partial charge in [0.1, 0.15) is 0 Å². The van der Waals surface area contributed by atoms with Crippen LogP contribution in [0.1, 0.15) is 19.3 Å². The van der Waals surface area contributed by atoms with Gasteiger partial charge < -0.3 is 4.74 Å². The summed E-state index contributed by atoms with van der Waals surface area (Å²) in [6.45, 7) is 1.83. The van der Waals surface area contributed by atoms with Gasteiger partial charge in [-0.3, -0.25) is 0 Å². The Hall–Kier alpha value is 0.160. The second-order valence-electron chi connectivity index (χ2n) is 3.57. The van der Waals surface area contributed by atoms with E-state index >= 15 is 0 Å². The van der Waals surface area contributed by atoms with Crippen LogP contribution in [0.25, 0.3) is 0 Å². The first-order chi connectivity index (χ1) is 6.54. The summed E-state index contributed by atoms with van der Waals surface area (Å²) in [5.41, 5.74) is 0. The molecule has 0 saturated carbocycles. The first kappa shape index (κ1) is 12.2. The summed E-state index contributed by atoms with van der Waals surface area (Å²) in [7, 11) is 3.42. The molecule has 0 atom stereocenters. The lowest BCUT2D eigenvalue weighted by molar-refractivity contribution is 0.158. The van der Waals surface area contributed by atoms with E-state index in [2.05, 4.69) is 0 Å². The van der Waals surface area contributed by atoms with Gasteiger partial charge in [0.15, 0.2) is 0 Å². The molecule has 1 heterocycles. The molecule has 1 aliphatic rings. The third kappa shape index (κ3) is 3.73. The highest BCUT2D eigenvalue weighted by molar-refractivity contribution is 8.11. The molecule has 0 amide bonds. The summed E-state index contributed by atoms with van der Waals surface area (Å²) in [4.78, 5) is 0. The molecule has 6 heteroatoms. The summed E-state index contributed by atoms with van der Waals surface area (Å²) in [6, 6.07) is 0. The standard InChI is InChI=1S/C8H16ClNO3S/c1-13-7-4-8-2-5-10(6-3-8)14(9,11)12/h8H,2-7H2,1H3. The first-order valence-corrected chi connectivity index (χ1v) is 6.99. The topological polar surface area (TPSA) is 46.6 Å². The van der Waals surface area contributed by atoms with Crippen molar-refractivity contribution in [3.05, 3.63) is 0 Å². The molecule has 84 valence electrons. The molecule has 14 heavy (non-hydrogen) atoms. The van der Waals surface area contributed by atoms with Crippen molar-refractivity contribution < 1.29 is 13.2 Å². The fourth-order valence-corrected chi connectivity index (χ4v) is 2.76. The lowest BCUT2D eigenvalue weighted by atomic mass is 9.95. The van der Waals surface area contributed by atoms with Gasteiger partial charge in [-0.05, 0) is 25.2 Å². The maximum atomic E-state index is 11.0. The van der Waals surface area contributed by atoms with Crippen molar-refractivity contribution in [3.63, 3.8) is 0 Å². The minimum Gasteiger partial charge on any atom is -0.385 e. The third-order valence-corrected chi connectivity index (χ3v) is 4.18. The number of hydrogen-bond acceptors (Lipinski definition) is 3. The molecule has 1 saturated heterocycles. The summed E-state index contributed by atoms with van der Waals surface area (Å²) < 4.78 is 28.3. The molecular formula is C8H16ClNO3S. The lowest BCUT2D eigenvalue weighted by Gasteiger charge is -2.28. The number of methoxy groups -OCH3 is 1. The molecule has 0 aliphatic carbocycles. The van der Waals surface area contributed by atoms with Crippen LogP contribution in [0.4, 0.5) is 0 Å². The Morgan fingerprint density at radius 1 is 1.43 bits per heavy atom. The van der Waals surface area contributed by atoms with Crippen molar-refractivity contribution in [2.24, 2.45) is 5.92 Å². The first-order valence-electron chi connectivity index (χ1n) is 4.72. The fourth-order valence-electron chi connectivity index (χ4n) is 1.70. The maximum absolute atomic E-state index is 11.0. The second kappa shape index (κ2) is 5.30. The number of hydrogen-bond donors (Lipinski definition) is 0. The van der Waals surface area contributed by atoms with Gasteiger partial charge in [-0.15, -0.1) is 0 Å². The molecular weight excluding hydrogens is 226 g/mol. The predicted octanol–water partition coefficient (Wildman–Crippen LogP) is 1.22. The minimum atomic E-state index is -3.50. The van der Waals surface area contributed by atoms with E-state index < -0.39 is 9.24 Å². The summed E-state index contributed by atoms with van der Waals surface area (Å²) in [6.07, 6.45) is 2.78. The molecule has 0 spiro atoms. The molecule has 0 N–H and O–H groups in total. The van der Waals surface area contributed by atoms with Gasteiger partial charge in [-0.25, -0.2) is 0 Å². The van der Waals surface area contributed by atoms with Crippen LogP contribution in [0.3, 0.4) is 0 Å². The molecule has 4 nitrogen and oxygen atoms in total. The number of piperidine rings is 1. The van der Waals surface area contributed by atoms with Crippen molar-refractivity contribution in [1.82, 2.24) is 4.31 Å². The van der Waals surface area contributed by atoms with Crippen LogP contribution in [0.5, 0.6) is 0 Å². The molecule has 1 aliphatic heterocycles. The normalized spacial score (nSPS) is 21.3. The van der Waals surface area contributed by atoms with Gasteiger partial charge >= 0.3 is 0 Å². The lowest BCUT2D eigenvalue weighted by Crippen LogP contribution is -2.36. The van der Waals surface area contributed by atoms with Crippen molar-refractivity contribution in [3.8, 4) is 0 Å². The molecule has 1 fully saturated rings. The zero-order chi connectivity index (χ0) is 10.6. The highest BCUT2D eigenvalue weighted by Gasteiger charge is 2.25. The van der Waals surface area contributed by atoms with Crippen molar-refractivity contribution >= 4 is 19.9 Å². The zero-order valence-electron chi connectivity index (χ0n) is 8.28. The van der Waals surface area contributed by atoms with Crippen LogP contribution in [0.2, 0.25) is 0 Å². The Bertz CT molecular complexity index is 260. The smallest absolute Gasteiger partial charge is 0.299 e. The number of nitrogens with zero attached hydrogens (tertiary/aromatic N) is 1. The molecule has 0 aromatic rings. The fraction of sp³-hybridized carbons (Fsp3) is 1.00. The Labute approximate surface area is 89.7 Å². The van der Waals surface area contributed by atoms with Gasteiger partial charge in [0.25, 0.3) is 9.24 Å². The summed E-state index contributed by atoms with van der Waals surface area (Å²) >= 11 is 0. The molecule has 0 radical (unpaired) electrons. The second-order valence-corrected chi connectivity index (χ2v) is 6.08. The average Bonchev–Trinajstić information content (AvgIpc) is 2.14. The average molecular weight is 242 g/mol. The predicted molar refractivity (Wildman–Crippen MR) is 55.6 cm³/mol. The zero-order valence-corrected chi connectivity index (χ0v) is 9.85. The number of ether oxygens (including phenoxy) is 1. The summed E-state index contributed by atoms with van der Waals surface area (Å²) in [5, 5.41) is 0. The van der Waals surface area contributed by atoms with Crippen molar-refractivity contribution in [2.45, 2.75) is 19.3 Å². The molecule has 0 aromatic heterocycles. The molecule has 0 unspecified atom stereocenters. The van der Waals surface area contributed by atoms with Gasteiger partial charge in [0, 0.05) is 37.5 Å². The summed E-state index contributed by atoms with van der Waals surface area (Å²) in [5.74, 6) is 0.574. The van der Waals surface area contributed by atoms with E-state index in [0.717, 1.165) is 25.9 Å². The van der Waals surface area contributed by atoms with Crippen LogP contribution < -0.4 is 0 Å². The quantitative estimate of drug-likeness (QED) is 0.696. The van der Waals surface area contributed by atoms with Crippen LogP contribution in [-0.2, 0) is 14.0 Å². The Morgan fingerprint density at radius 2 is 2.00 bits per heavy atom. The van der Waals surface area contributed by atoms with Crippen LogP contribution >= 0.6 is 10.7 Å². The number of rotatable bonds is 4. The molecule has 0 aromatic carbocycles. The van der Waals surface area contributed by atoms with Gasteiger partial charge in [0.2, 0.25) is 0 Å². The van der Waals surface area contributed by atoms with E-state index in [9.17, 15) is 8.42 Å². The van der Waals surface area contributed by atoms with E-state index in [1.165, 1.54) is 4.31 Å². The highest BCUT2D eigenvalue weighted by atomic mass is 35.7. The maximum Gasteiger partial charge on any atom is 0.299 e. The monoisotopic (exact) mass is 241 g/mol. The van der Waals surface area contributed by atoms with E-state index in [-0.39, 0.29) is 0 Å². The van der Waals surface area contributed by atoms with E-state index in [0.29, 0.717) is 19.0 Å². The van der Waals surface area contributed by atoms with Gasteiger partial charge in [-0.2, -0.15) is 12.7 Å². The van der Waals surface area contributed by atoms with Gasteiger partial charge in [-0.1, -0.05) is 0 Å².